The van der Waals surface area contributed by atoms with Crippen molar-refractivity contribution >= 4 is 89.7 Å². The van der Waals surface area contributed by atoms with Gasteiger partial charge in [0.15, 0.2) is 4.80 Å². The van der Waals surface area contributed by atoms with Crippen LogP contribution in [0.3, 0.4) is 0 Å². The van der Waals surface area contributed by atoms with Crippen LogP contribution in [0.1, 0.15) is 10.4 Å². The van der Waals surface area contributed by atoms with E-state index in [-0.39, 0.29) is 5.91 Å². The molecule has 0 atom stereocenters. The van der Waals surface area contributed by atoms with Gasteiger partial charge in [-0.15, -0.1) is 11.3 Å². The normalized spacial score (nSPS) is 12.2. The van der Waals surface area contributed by atoms with Gasteiger partial charge in [-0.2, -0.15) is 16.8 Å². The smallest absolute Gasteiger partial charge is 0.282 e. The van der Waals surface area contributed by atoms with E-state index in [9.17, 15) is 4.79 Å². The van der Waals surface area contributed by atoms with Gasteiger partial charge in [0.2, 0.25) is 0 Å². The molecule has 2 aromatic heterocycles. The molecule has 0 aliphatic heterocycles. The molecule has 1 amide bonds. The molecular formula is C15H11BrCl2N2OS3. The Bertz CT molecular complexity index is 977. The molecule has 0 saturated carbocycles. The van der Waals surface area contributed by atoms with Crippen molar-refractivity contribution in [1.82, 2.24) is 4.57 Å². The van der Waals surface area contributed by atoms with Crippen LogP contribution in [0, 0.1) is 0 Å². The lowest BCUT2D eigenvalue weighted by atomic mass is 10.3. The molecule has 3 rings (SSSR count). The summed E-state index contributed by atoms with van der Waals surface area (Å²) in [5.41, 5.74) is 1.42. The molecule has 0 spiro atoms. The third-order valence-corrected chi connectivity index (χ3v) is 6.86. The highest BCUT2D eigenvalue weighted by molar-refractivity contribution is 9.10. The number of carbonyl (C=O) groups is 1. The topological polar surface area (TPSA) is 34.4 Å². The van der Waals surface area contributed by atoms with Crippen LogP contribution in [0.5, 0.6) is 0 Å². The molecule has 3 aromatic rings. The van der Waals surface area contributed by atoms with Crippen molar-refractivity contribution in [3.63, 3.8) is 0 Å². The molecule has 126 valence electrons. The Morgan fingerprint density at radius 3 is 2.79 bits per heavy atom. The Balaban J connectivity index is 2.13. The van der Waals surface area contributed by atoms with E-state index in [0.29, 0.717) is 19.0 Å². The van der Waals surface area contributed by atoms with E-state index in [4.69, 9.17) is 23.2 Å². The largest absolute Gasteiger partial charge is 0.316 e. The lowest BCUT2D eigenvalue weighted by Gasteiger charge is -2.03. The predicted molar refractivity (Wildman–Crippen MR) is 110 cm³/mol. The third-order valence-electron chi connectivity index (χ3n) is 3.25. The van der Waals surface area contributed by atoms with Crippen LogP contribution in [0.2, 0.25) is 8.67 Å². The monoisotopic (exact) mass is 480 g/mol. The summed E-state index contributed by atoms with van der Waals surface area (Å²) in [6, 6.07) is 7.63. The zero-order chi connectivity index (χ0) is 17.3. The maximum Gasteiger partial charge on any atom is 0.282 e. The van der Waals surface area contributed by atoms with E-state index in [1.165, 1.54) is 22.7 Å². The number of thiophene rings is 1. The lowest BCUT2D eigenvalue weighted by Crippen LogP contribution is -2.18. The van der Waals surface area contributed by atoms with Crippen LogP contribution in [0.15, 0.2) is 33.7 Å². The first-order valence-electron chi connectivity index (χ1n) is 6.81. The number of fused-ring (bicyclic) bond motifs is 1. The molecular weight excluding hydrogens is 471 g/mol. The first-order chi connectivity index (χ1) is 11.5. The van der Waals surface area contributed by atoms with Gasteiger partial charge in [-0.3, -0.25) is 4.79 Å². The van der Waals surface area contributed by atoms with Gasteiger partial charge in [-0.05, 0) is 30.5 Å². The van der Waals surface area contributed by atoms with Crippen molar-refractivity contribution in [1.29, 1.82) is 0 Å². The van der Waals surface area contributed by atoms with E-state index in [0.717, 1.165) is 27.0 Å². The number of thiazole rings is 1. The fraction of sp³-hybridized carbons (Fsp3) is 0.200. The molecule has 1 aromatic carbocycles. The number of hydrogen-bond donors (Lipinski definition) is 0. The zero-order valence-corrected chi connectivity index (χ0v) is 17.9. The number of rotatable bonds is 4. The van der Waals surface area contributed by atoms with Crippen molar-refractivity contribution in [2.45, 2.75) is 6.54 Å². The van der Waals surface area contributed by atoms with E-state index < -0.39 is 0 Å². The summed E-state index contributed by atoms with van der Waals surface area (Å²) in [6.07, 6.45) is 2.06. The van der Waals surface area contributed by atoms with Crippen molar-refractivity contribution in [2.24, 2.45) is 4.99 Å². The Labute approximate surface area is 169 Å². The highest BCUT2D eigenvalue weighted by atomic mass is 79.9. The van der Waals surface area contributed by atoms with Crippen molar-refractivity contribution < 1.29 is 4.79 Å². The molecule has 0 aliphatic carbocycles. The number of aromatic nitrogens is 1. The number of carbonyl (C=O) groups excluding carboxylic acids is 1. The fourth-order valence-corrected chi connectivity index (χ4v) is 5.58. The SMILES string of the molecule is CSCCn1c(=NC(=O)c2cc(Cl)sc2Cl)sc2cc(Br)ccc21. The van der Waals surface area contributed by atoms with Gasteiger partial charge in [0, 0.05) is 16.8 Å². The van der Waals surface area contributed by atoms with Crippen molar-refractivity contribution in [3.8, 4) is 0 Å². The highest BCUT2D eigenvalue weighted by Gasteiger charge is 2.15. The average Bonchev–Trinajstić information content (AvgIpc) is 3.04. The Morgan fingerprint density at radius 2 is 2.12 bits per heavy atom. The molecule has 0 unspecified atom stereocenters. The Kier molecular flexibility index (Phi) is 6.11. The number of halogens is 3. The summed E-state index contributed by atoms with van der Waals surface area (Å²) in [5, 5.41) is 0. The van der Waals surface area contributed by atoms with Crippen molar-refractivity contribution in [3.05, 3.63) is 47.8 Å². The third kappa shape index (κ3) is 3.92. The van der Waals surface area contributed by atoms with Gasteiger partial charge in [0.25, 0.3) is 5.91 Å². The van der Waals surface area contributed by atoms with E-state index in [1.807, 2.05) is 18.2 Å². The van der Waals surface area contributed by atoms with E-state index in [1.54, 1.807) is 17.8 Å². The molecule has 9 heteroatoms. The van der Waals surface area contributed by atoms with Gasteiger partial charge < -0.3 is 4.57 Å². The van der Waals surface area contributed by atoms with Gasteiger partial charge in [-0.1, -0.05) is 50.5 Å². The molecule has 0 aliphatic rings. The predicted octanol–water partition coefficient (Wildman–Crippen LogP) is 5.94. The van der Waals surface area contributed by atoms with E-state index >= 15 is 0 Å². The van der Waals surface area contributed by atoms with Gasteiger partial charge in [0.1, 0.15) is 4.34 Å². The summed E-state index contributed by atoms with van der Waals surface area (Å²) in [7, 11) is 0. The van der Waals surface area contributed by atoms with Gasteiger partial charge in [-0.25, -0.2) is 0 Å². The summed E-state index contributed by atoms with van der Waals surface area (Å²) in [4.78, 5) is 17.5. The Morgan fingerprint density at radius 1 is 1.33 bits per heavy atom. The number of thioether (sulfide) groups is 1. The van der Waals surface area contributed by atoms with Gasteiger partial charge in [0.05, 0.1) is 20.1 Å². The number of amides is 1. The minimum atomic E-state index is -0.369. The Hall–Kier alpha value is -0.310. The van der Waals surface area contributed by atoms with Gasteiger partial charge >= 0.3 is 0 Å². The summed E-state index contributed by atoms with van der Waals surface area (Å²) < 4.78 is 5.00. The van der Waals surface area contributed by atoms with Crippen LogP contribution in [0.25, 0.3) is 10.2 Å². The zero-order valence-electron chi connectivity index (χ0n) is 12.4. The average molecular weight is 482 g/mol. The van der Waals surface area contributed by atoms with E-state index in [2.05, 4.69) is 31.7 Å². The summed E-state index contributed by atoms with van der Waals surface area (Å²) >= 11 is 19.9. The minimum absolute atomic E-state index is 0.349. The second-order valence-corrected chi connectivity index (χ2v) is 9.99. The number of aryl methyl sites for hydroxylation is 1. The molecule has 0 saturated heterocycles. The van der Waals surface area contributed by atoms with Crippen LogP contribution in [-0.4, -0.2) is 22.5 Å². The van der Waals surface area contributed by atoms with Crippen molar-refractivity contribution in [2.75, 3.05) is 12.0 Å². The van der Waals surface area contributed by atoms with Crippen LogP contribution in [-0.2, 0) is 6.54 Å². The van der Waals surface area contributed by atoms with Crippen LogP contribution >= 0.6 is 73.6 Å². The highest BCUT2D eigenvalue weighted by Crippen LogP contribution is 2.31. The maximum atomic E-state index is 12.5. The standard InChI is InChI=1S/C15H11BrCl2N2OS3/c1-22-5-4-20-10-3-2-8(16)6-11(10)23-15(20)19-14(21)9-7-12(17)24-13(9)18/h2-3,6-7H,4-5H2,1H3. The number of nitrogens with zero attached hydrogens (tertiary/aromatic N) is 2. The first-order valence-corrected chi connectivity index (χ1v) is 11.4. The molecule has 3 nitrogen and oxygen atoms in total. The first kappa shape index (κ1) is 18.5. The molecule has 24 heavy (non-hydrogen) atoms. The molecule has 0 fully saturated rings. The second kappa shape index (κ2) is 7.93. The lowest BCUT2D eigenvalue weighted by molar-refractivity contribution is 0.0998. The molecule has 2 heterocycles. The number of benzene rings is 1. The van der Waals surface area contributed by atoms with Crippen LogP contribution < -0.4 is 4.80 Å². The summed E-state index contributed by atoms with van der Waals surface area (Å²) in [5.74, 6) is 0.570. The van der Waals surface area contributed by atoms with Crippen LogP contribution in [0.4, 0.5) is 0 Å². The molecule has 0 bridgehead atoms. The quantitative estimate of drug-likeness (QED) is 0.462. The molecule has 0 N–H and O–H groups in total. The summed E-state index contributed by atoms with van der Waals surface area (Å²) in [6.45, 7) is 0.785. The minimum Gasteiger partial charge on any atom is -0.316 e. The number of hydrogen-bond acceptors (Lipinski definition) is 4. The maximum absolute atomic E-state index is 12.5. The second-order valence-electron chi connectivity index (χ2n) is 4.80. The molecule has 0 radical (unpaired) electrons. The fourth-order valence-electron chi connectivity index (χ4n) is 2.16.